The number of benzene rings is 2. The van der Waals surface area contributed by atoms with Crippen molar-refractivity contribution in [2.45, 2.75) is 38.6 Å². The summed E-state index contributed by atoms with van der Waals surface area (Å²) >= 11 is 0. The fraction of sp³-hybridized carbons (Fsp3) is 0.333. The van der Waals surface area contributed by atoms with Crippen LogP contribution >= 0.6 is 0 Å². The number of aryl methyl sites for hydroxylation is 2. The Bertz CT molecular complexity index is 589. The summed E-state index contributed by atoms with van der Waals surface area (Å²) in [5, 5.41) is 3.54. The Morgan fingerprint density at radius 3 is 2.60 bits per heavy atom. The van der Waals surface area contributed by atoms with Gasteiger partial charge in [0.1, 0.15) is 5.82 Å². The molecule has 1 aliphatic carbocycles. The van der Waals surface area contributed by atoms with Crippen LogP contribution in [0.2, 0.25) is 0 Å². The van der Waals surface area contributed by atoms with Gasteiger partial charge in [-0.3, -0.25) is 0 Å². The molecule has 0 saturated heterocycles. The van der Waals surface area contributed by atoms with Gasteiger partial charge in [-0.25, -0.2) is 4.39 Å². The van der Waals surface area contributed by atoms with E-state index in [4.69, 9.17) is 0 Å². The largest absolute Gasteiger partial charge is 0.382 e. The van der Waals surface area contributed by atoms with Crippen LogP contribution in [0.5, 0.6) is 0 Å². The first kappa shape index (κ1) is 13.2. The lowest BCUT2D eigenvalue weighted by molar-refractivity contribution is 0.626. The molecule has 2 aromatic rings. The molecule has 2 aromatic carbocycles. The van der Waals surface area contributed by atoms with Crippen LogP contribution in [0.15, 0.2) is 42.5 Å². The maximum Gasteiger partial charge on any atom is 0.123 e. The molecule has 3 rings (SSSR count). The van der Waals surface area contributed by atoms with Gasteiger partial charge in [0, 0.05) is 11.7 Å². The van der Waals surface area contributed by atoms with Gasteiger partial charge in [0.2, 0.25) is 0 Å². The molecule has 0 heterocycles. The molecule has 0 aromatic heterocycles. The van der Waals surface area contributed by atoms with Crippen molar-refractivity contribution in [1.29, 1.82) is 0 Å². The quantitative estimate of drug-likeness (QED) is 0.869. The van der Waals surface area contributed by atoms with Crippen LogP contribution in [0.4, 0.5) is 10.1 Å². The molecule has 2 heteroatoms. The van der Waals surface area contributed by atoms with Gasteiger partial charge in [0.05, 0.1) is 0 Å². The van der Waals surface area contributed by atoms with Crippen molar-refractivity contribution in [3.05, 3.63) is 65.0 Å². The van der Waals surface area contributed by atoms with Gasteiger partial charge in [-0.1, -0.05) is 18.2 Å². The molecule has 104 valence electrons. The molecule has 0 spiro atoms. The lowest BCUT2D eigenvalue weighted by atomic mass is 10.1. The lowest BCUT2D eigenvalue weighted by Gasteiger charge is -2.16. The maximum absolute atomic E-state index is 12.9. The molecule has 0 aliphatic heterocycles. The van der Waals surface area contributed by atoms with Crippen LogP contribution in [0.3, 0.4) is 0 Å². The number of anilines is 1. The molecule has 0 radical (unpaired) electrons. The number of halogens is 1. The highest BCUT2D eigenvalue weighted by atomic mass is 19.1. The molecule has 1 unspecified atom stereocenters. The van der Waals surface area contributed by atoms with E-state index in [0.717, 1.165) is 12.0 Å². The van der Waals surface area contributed by atoms with Crippen molar-refractivity contribution in [2.75, 3.05) is 5.32 Å². The average molecular weight is 269 g/mol. The number of hydrogen-bond donors (Lipinski definition) is 1. The first-order chi connectivity index (χ1) is 9.70. The van der Waals surface area contributed by atoms with Crippen molar-refractivity contribution in [1.82, 2.24) is 0 Å². The van der Waals surface area contributed by atoms with E-state index in [1.807, 2.05) is 12.1 Å². The highest BCUT2D eigenvalue weighted by Gasteiger charge is 2.11. The predicted molar refractivity (Wildman–Crippen MR) is 81.7 cm³/mol. The minimum Gasteiger partial charge on any atom is -0.382 e. The Balaban J connectivity index is 1.63. The third-order valence-electron chi connectivity index (χ3n) is 3.97. The van der Waals surface area contributed by atoms with Crippen molar-refractivity contribution < 1.29 is 4.39 Å². The summed E-state index contributed by atoms with van der Waals surface area (Å²) in [5.41, 5.74) is 5.35. The Labute approximate surface area is 119 Å². The van der Waals surface area contributed by atoms with Crippen LogP contribution in [0.25, 0.3) is 0 Å². The van der Waals surface area contributed by atoms with Crippen LogP contribution < -0.4 is 5.32 Å². The summed E-state index contributed by atoms with van der Waals surface area (Å²) < 4.78 is 12.9. The van der Waals surface area contributed by atoms with Crippen molar-refractivity contribution >= 4 is 5.69 Å². The molecule has 0 fully saturated rings. The Kier molecular flexibility index (Phi) is 3.72. The second-order valence-electron chi connectivity index (χ2n) is 5.71. The van der Waals surface area contributed by atoms with E-state index in [1.165, 1.54) is 48.2 Å². The second-order valence-corrected chi connectivity index (χ2v) is 5.71. The van der Waals surface area contributed by atoms with Crippen LogP contribution in [-0.4, -0.2) is 6.04 Å². The van der Waals surface area contributed by atoms with Gasteiger partial charge in [-0.15, -0.1) is 0 Å². The minimum absolute atomic E-state index is 0.173. The zero-order valence-corrected chi connectivity index (χ0v) is 11.8. The third kappa shape index (κ3) is 3.01. The van der Waals surface area contributed by atoms with Gasteiger partial charge < -0.3 is 5.32 Å². The molecule has 0 amide bonds. The fourth-order valence-corrected chi connectivity index (χ4v) is 2.97. The number of rotatable bonds is 4. The molecule has 1 nitrogen and oxygen atoms in total. The summed E-state index contributed by atoms with van der Waals surface area (Å²) in [5.74, 6) is -0.173. The van der Waals surface area contributed by atoms with Crippen LogP contribution in [0.1, 0.15) is 30.0 Å². The van der Waals surface area contributed by atoms with Crippen molar-refractivity contribution in [3.63, 3.8) is 0 Å². The number of hydrogen-bond acceptors (Lipinski definition) is 1. The van der Waals surface area contributed by atoms with Crippen molar-refractivity contribution in [3.8, 4) is 0 Å². The predicted octanol–water partition coefficient (Wildman–Crippen LogP) is 4.36. The van der Waals surface area contributed by atoms with E-state index >= 15 is 0 Å². The van der Waals surface area contributed by atoms with E-state index in [1.54, 1.807) is 0 Å². The molecule has 0 saturated carbocycles. The molecule has 1 N–H and O–H groups in total. The van der Waals surface area contributed by atoms with Gasteiger partial charge in [-0.05, 0) is 73.6 Å². The van der Waals surface area contributed by atoms with Crippen molar-refractivity contribution in [2.24, 2.45) is 0 Å². The highest BCUT2D eigenvalue weighted by molar-refractivity contribution is 5.50. The average Bonchev–Trinajstić information content (AvgIpc) is 2.89. The normalized spacial score (nSPS) is 14.9. The third-order valence-corrected chi connectivity index (χ3v) is 3.97. The Morgan fingerprint density at radius 2 is 1.80 bits per heavy atom. The Morgan fingerprint density at radius 1 is 1.05 bits per heavy atom. The molecular weight excluding hydrogens is 249 g/mol. The molecule has 1 aliphatic rings. The number of nitrogens with one attached hydrogen (secondary N) is 1. The van der Waals surface area contributed by atoms with Gasteiger partial charge in [0.15, 0.2) is 0 Å². The topological polar surface area (TPSA) is 12.0 Å². The zero-order valence-electron chi connectivity index (χ0n) is 11.8. The monoisotopic (exact) mass is 269 g/mol. The molecular formula is C18H20FN. The zero-order chi connectivity index (χ0) is 13.9. The summed E-state index contributed by atoms with van der Waals surface area (Å²) in [6, 6.07) is 13.8. The van der Waals surface area contributed by atoms with Crippen LogP contribution in [-0.2, 0) is 19.3 Å². The number of fused-ring (bicyclic) bond motifs is 1. The van der Waals surface area contributed by atoms with Gasteiger partial charge in [-0.2, -0.15) is 0 Å². The molecule has 1 atom stereocenters. The van der Waals surface area contributed by atoms with Gasteiger partial charge >= 0.3 is 0 Å². The molecule has 20 heavy (non-hydrogen) atoms. The summed E-state index contributed by atoms with van der Waals surface area (Å²) in [7, 11) is 0. The SMILES string of the molecule is CC(Cc1ccc(F)cc1)Nc1ccc2c(c1)CCC2. The summed E-state index contributed by atoms with van der Waals surface area (Å²) in [6.45, 7) is 2.16. The Hall–Kier alpha value is -1.83. The van der Waals surface area contributed by atoms with E-state index in [2.05, 4.69) is 30.4 Å². The maximum atomic E-state index is 12.9. The smallest absolute Gasteiger partial charge is 0.123 e. The van der Waals surface area contributed by atoms with E-state index in [0.29, 0.717) is 6.04 Å². The second kappa shape index (κ2) is 5.66. The molecule has 0 bridgehead atoms. The first-order valence-corrected chi connectivity index (χ1v) is 7.33. The minimum atomic E-state index is -0.173. The van der Waals surface area contributed by atoms with E-state index < -0.39 is 0 Å². The highest BCUT2D eigenvalue weighted by Crippen LogP contribution is 2.25. The van der Waals surface area contributed by atoms with E-state index in [-0.39, 0.29) is 5.82 Å². The lowest BCUT2D eigenvalue weighted by Crippen LogP contribution is -2.18. The van der Waals surface area contributed by atoms with Gasteiger partial charge in [0.25, 0.3) is 0 Å². The standard InChI is InChI=1S/C18H20FN/c1-13(11-14-5-8-17(19)9-6-14)20-18-10-7-15-3-2-4-16(15)12-18/h5-10,12-13,20H,2-4,11H2,1H3. The fourth-order valence-electron chi connectivity index (χ4n) is 2.97. The van der Waals surface area contributed by atoms with E-state index in [9.17, 15) is 4.39 Å². The summed E-state index contributed by atoms with van der Waals surface area (Å²) in [4.78, 5) is 0. The summed E-state index contributed by atoms with van der Waals surface area (Å²) in [6.07, 6.45) is 4.61. The first-order valence-electron chi connectivity index (χ1n) is 7.33. The van der Waals surface area contributed by atoms with Crippen LogP contribution in [0, 0.1) is 5.82 Å².